The highest BCUT2D eigenvalue weighted by Crippen LogP contribution is 2.20. The lowest BCUT2D eigenvalue weighted by Gasteiger charge is -2.43. The van der Waals surface area contributed by atoms with Crippen molar-refractivity contribution in [1.29, 1.82) is 0 Å². The van der Waals surface area contributed by atoms with E-state index in [4.69, 9.17) is 21.1 Å². The zero-order chi connectivity index (χ0) is 28.7. The van der Waals surface area contributed by atoms with Gasteiger partial charge in [0.25, 0.3) is 5.91 Å². The molecule has 2 fully saturated rings. The number of piperazine rings is 2. The molecule has 0 aromatic heterocycles. The van der Waals surface area contributed by atoms with Crippen LogP contribution in [0.5, 0.6) is 5.75 Å². The third-order valence-electron chi connectivity index (χ3n) is 7.23. The molecule has 2 aromatic rings. The zero-order valence-electron chi connectivity index (χ0n) is 23.7. The predicted molar refractivity (Wildman–Crippen MR) is 153 cm³/mol. The van der Waals surface area contributed by atoms with Crippen molar-refractivity contribution in [3.63, 3.8) is 0 Å². The molecule has 2 aliphatic rings. The maximum Gasteiger partial charge on any atom is 0.410 e. The number of amides is 2. The Morgan fingerprint density at radius 1 is 0.925 bits per heavy atom. The van der Waals surface area contributed by atoms with Crippen LogP contribution in [0.3, 0.4) is 0 Å². The normalized spacial score (nSPS) is 19.0. The molecule has 0 spiro atoms. The van der Waals surface area contributed by atoms with E-state index in [0.717, 1.165) is 38.2 Å². The number of carbonyl (C=O) groups is 2. The van der Waals surface area contributed by atoms with Crippen molar-refractivity contribution in [1.82, 2.24) is 19.6 Å². The lowest BCUT2D eigenvalue weighted by atomic mass is 10.1. The fourth-order valence-corrected chi connectivity index (χ4v) is 5.13. The smallest absolute Gasteiger partial charge is 0.410 e. The lowest BCUT2D eigenvalue weighted by Crippen LogP contribution is -2.56. The van der Waals surface area contributed by atoms with Crippen molar-refractivity contribution in [3.05, 3.63) is 64.9 Å². The minimum Gasteiger partial charge on any atom is -0.484 e. The predicted octanol–water partition coefficient (Wildman–Crippen LogP) is 4.51. The van der Waals surface area contributed by atoms with Gasteiger partial charge in [-0.25, -0.2) is 9.18 Å². The minimum absolute atomic E-state index is 0.0288. The molecule has 2 aliphatic heterocycles. The van der Waals surface area contributed by atoms with E-state index in [9.17, 15) is 14.0 Å². The summed E-state index contributed by atoms with van der Waals surface area (Å²) in [5, 5.41) is 0.616. The molecule has 2 saturated heterocycles. The van der Waals surface area contributed by atoms with Crippen LogP contribution < -0.4 is 4.74 Å². The minimum atomic E-state index is -0.508. The first-order valence-corrected chi connectivity index (χ1v) is 14.3. The van der Waals surface area contributed by atoms with Gasteiger partial charge in [0.1, 0.15) is 17.2 Å². The van der Waals surface area contributed by atoms with E-state index in [0.29, 0.717) is 43.5 Å². The van der Waals surface area contributed by atoms with Crippen LogP contribution >= 0.6 is 11.6 Å². The van der Waals surface area contributed by atoms with Gasteiger partial charge in [0.15, 0.2) is 6.61 Å². The molecule has 0 saturated carbocycles. The molecular weight excluding hydrogens is 535 g/mol. The van der Waals surface area contributed by atoms with Gasteiger partial charge in [0.2, 0.25) is 0 Å². The summed E-state index contributed by atoms with van der Waals surface area (Å²) in [6.45, 7) is 11.9. The van der Waals surface area contributed by atoms with Crippen LogP contribution in [0.2, 0.25) is 5.02 Å². The number of benzene rings is 2. The van der Waals surface area contributed by atoms with Gasteiger partial charge >= 0.3 is 6.09 Å². The first-order chi connectivity index (χ1) is 19.1. The van der Waals surface area contributed by atoms with Crippen molar-refractivity contribution >= 4 is 23.6 Å². The molecule has 8 nitrogen and oxygen atoms in total. The highest BCUT2D eigenvalue weighted by Gasteiger charge is 2.31. The second-order valence-electron chi connectivity index (χ2n) is 11.4. The van der Waals surface area contributed by atoms with Gasteiger partial charge in [-0.05, 0) is 75.7 Å². The number of carbonyl (C=O) groups excluding carboxylic acids is 2. The number of ether oxygens (including phenoxy) is 2. The number of halogens is 2. The van der Waals surface area contributed by atoms with Crippen LogP contribution in [0.15, 0.2) is 48.5 Å². The topological polar surface area (TPSA) is 65.6 Å². The molecule has 218 valence electrons. The Hall–Kier alpha value is -2.88. The van der Waals surface area contributed by atoms with Gasteiger partial charge < -0.3 is 19.3 Å². The van der Waals surface area contributed by atoms with Crippen molar-refractivity contribution in [3.8, 4) is 5.75 Å². The van der Waals surface area contributed by atoms with E-state index in [1.165, 1.54) is 12.1 Å². The molecule has 0 bridgehead atoms. The molecule has 40 heavy (non-hydrogen) atoms. The summed E-state index contributed by atoms with van der Waals surface area (Å²) in [4.78, 5) is 33.9. The average Bonchev–Trinajstić information content (AvgIpc) is 2.92. The molecule has 2 heterocycles. The second-order valence-corrected chi connectivity index (χ2v) is 11.9. The summed E-state index contributed by atoms with van der Waals surface area (Å²) in [5.41, 5.74) is 0.537. The Morgan fingerprint density at radius 3 is 2.23 bits per heavy atom. The largest absolute Gasteiger partial charge is 0.484 e. The molecule has 1 atom stereocenters. The van der Waals surface area contributed by atoms with Crippen LogP contribution in [0, 0.1) is 5.82 Å². The highest BCUT2D eigenvalue weighted by molar-refractivity contribution is 6.30. The molecule has 0 N–H and O–H groups in total. The third kappa shape index (κ3) is 9.08. The molecule has 10 heteroatoms. The van der Waals surface area contributed by atoms with E-state index in [1.807, 2.05) is 37.8 Å². The van der Waals surface area contributed by atoms with Crippen molar-refractivity contribution < 1.29 is 23.5 Å². The maximum atomic E-state index is 13.5. The first-order valence-electron chi connectivity index (χ1n) is 13.9. The van der Waals surface area contributed by atoms with Gasteiger partial charge in [-0.2, -0.15) is 0 Å². The molecule has 2 aromatic carbocycles. The summed E-state index contributed by atoms with van der Waals surface area (Å²) in [6, 6.07) is 13.7. The van der Waals surface area contributed by atoms with Crippen LogP contribution in [0.25, 0.3) is 0 Å². The van der Waals surface area contributed by atoms with Gasteiger partial charge in [-0.3, -0.25) is 14.6 Å². The summed E-state index contributed by atoms with van der Waals surface area (Å²) in [6.07, 6.45) is 0.606. The number of hydrogen-bond donors (Lipinski definition) is 0. The van der Waals surface area contributed by atoms with Crippen molar-refractivity contribution in [2.75, 3.05) is 59.0 Å². The zero-order valence-corrected chi connectivity index (χ0v) is 24.4. The molecular formula is C30H40ClFN4O4. The summed E-state index contributed by atoms with van der Waals surface area (Å²) >= 11 is 5.94. The lowest BCUT2D eigenvalue weighted by molar-refractivity contribution is -0.136. The van der Waals surface area contributed by atoms with Gasteiger partial charge in [0.05, 0.1) is 0 Å². The summed E-state index contributed by atoms with van der Waals surface area (Å²) in [5.74, 6) is 0.309. The van der Waals surface area contributed by atoms with Crippen LogP contribution in [0.4, 0.5) is 9.18 Å². The Labute approximate surface area is 241 Å². The molecule has 0 aliphatic carbocycles. The highest BCUT2D eigenvalue weighted by atomic mass is 35.5. The summed E-state index contributed by atoms with van der Waals surface area (Å²) < 4.78 is 24.7. The number of nitrogens with zero attached hydrogens (tertiary/aromatic N) is 4. The molecule has 4 rings (SSSR count). The van der Waals surface area contributed by atoms with Crippen LogP contribution in [-0.4, -0.2) is 102 Å². The summed E-state index contributed by atoms with van der Waals surface area (Å²) in [7, 11) is 0. The molecule has 1 unspecified atom stereocenters. The van der Waals surface area contributed by atoms with E-state index in [1.54, 1.807) is 29.2 Å². The second kappa shape index (κ2) is 13.7. The van der Waals surface area contributed by atoms with E-state index in [2.05, 4.69) is 9.80 Å². The number of hydrogen-bond acceptors (Lipinski definition) is 6. The van der Waals surface area contributed by atoms with Crippen LogP contribution in [-0.2, 0) is 16.1 Å². The fraction of sp³-hybridized carbons (Fsp3) is 0.533. The quantitative estimate of drug-likeness (QED) is 0.462. The van der Waals surface area contributed by atoms with Gasteiger partial charge in [-0.1, -0.05) is 23.7 Å². The Balaban J connectivity index is 1.32. The van der Waals surface area contributed by atoms with Crippen molar-refractivity contribution in [2.45, 2.75) is 45.4 Å². The Morgan fingerprint density at radius 2 is 1.57 bits per heavy atom. The fourth-order valence-electron chi connectivity index (χ4n) is 5.01. The maximum absolute atomic E-state index is 13.5. The Kier molecular flexibility index (Phi) is 10.3. The third-order valence-corrected chi connectivity index (χ3v) is 7.49. The van der Waals surface area contributed by atoms with Gasteiger partial charge in [0, 0.05) is 63.4 Å². The monoisotopic (exact) mass is 574 g/mol. The van der Waals surface area contributed by atoms with E-state index >= 15 is 0 Å². The SMILES string of the molecule is CC(C)(C)OC(=O)N1CCN(CCC2CN(C(=O)COc3ccc(Cl)cc3)CCN2Cc2ccc(F)cc2)CC1. The van der Waals surface area contributed by atoms with E-state index in [-0.39, 0.29) is 30.5 Å². The number of rotatable bonds is 8. The molecule has 2 amide bonds. The average molecular weight is 575 g/mol. The Bertz CT molecular complexity index is 1120. The van der Waals surface area contributed by atoms with Gasteiger partial charge in [-0.15, -0.1) is 0 Å². The van der Waals surface area contributed by atoms with Crippen LogP contribution in [0.1, 0.15) is 32.8 Å². The van der Waals surface area contributed by atoms with E-state index < -0.39 is 5.60 Å². The molecule has 0 radical (unpaired) electrons. The first kappa shape index (κ1) is 30.1. The standard InChI is InChI=1S/C30H40ClFN4O4/c1-30(2,3)40-29(38)34-16-14-33(15-17-34)13-12-26-21-36(28(37)22-39-27-10-6-24(31)7-11-27)19-18-35(26)20-23-4-8-25(32)9-5-23/h4-11,26H,12-22H2,1-3H3. The van der Waals surface area contributed by atoms with Crippen molar-refractivity contribution in [2.24, 2.45) is 0 Å².